The van der Waals surface area contributed by atoms with Gasteiger partial charge in [0.1, 0.15) is 18.2 Å². The van der Waals surface area contributed by atoms with Crippen LogP contribution in [-0.2, 0) is 17.8 Å². The molecular formula is C26H21BrCl2N2O3. The minimum Gasteiger partial charge on any atom is -0.493 e. The molecule has 0 fully saturated rings. The molecule has 1 amide bonds. The molecule has 174 valence electrons. The Kier molecular flexibility index (Phi) is 9.00. The average molecular weight is 560 g/mol. The minimum atomic E-state index is -0.504. The van der Waals surface area contributed by atoms with Gasteiger partial charge in [-0.3, -0.25) is 4.79 Å². The number of ether oxygens (including phenoxy) is 2. The van der Waals surface area contributed by atoms with Crippen LogP contribution in [0, 0.1) is 11.3 Å². The number of nitrogens with zero attached hydrogens (tertiary/aromatic N) is 1. The summed E-state index contributed by atoms with van der Waals surface area (Å²) in [6.07, 6.45) is 2.39. The molecule has 3 aromatic rings. The SMILES string of the molecule is CCc1ccc(NC(=O)/C(C#N)=C/c2cc(OC)c(OCc3ccc(Cl)cc3Cl)cc2Br)cc1. The Morgan fingerprint density at radius 1 is 1.12 bits per heavy atom. The van der Waals surface area contributed by atoms with E-state index in [4.69, 9.17) is 32.7 Å². The van der Waals surface area contributed by atoms with E-state index >= 15 is 0 Å². The Bertz CT molecular complexity index is 1270. The monoisotopic (exact) mass is 558 g/mol. The summed E-state index contributed by atoms with van der Waals surface area (Å²) in [4.78, 5) is 12.7. The number of amides is 1. The highest BCUT2D eigenvalue weighted by Crippen LogP contribution is 2.35. The van der Waals surface area contributed by atoms with Gasteiger partial charge in [-0.25, -0.2) is 0 Å². The van der Waals surface area contributed by atoms with Crippen LogP contribution in [0.5, 0.6) is 11.5 Å². The zero-order valence-corrected chi connectivity index (χ0v) is 21.6. The molecule has 8 heteroatoms. The predicted octanol–water partition coefficient (Wildman–Crippen LogP) is 7.45. The molecule has 0 heterocycles. The largest absolute Gasteiger partial charge is 0.493 e. The molecule has 0 unspecified atom stereocenters. The van der Waals surface area contributed by atoms with Gasteiger partial charge in [0.15, 0.2) is 11.5 Å². The lowest BCUT2D eigenvalue weighted by Crippen LogP contribution is -2.13. The summed E-state index contributed by atoms with van der Waals surface area (Å²) in [5, 5.41) is 13.4. The first-order valence-corrected chi connectivity index (χ1v) is 11.9. The molecule has 0 aromatic heterocycles. The number of benzene rings is 3. The first-order valence-electron chi connectivity index (χ1n) is 10.3. The Morgan fingerprint density at radius 2 is 1.85 bits per heavy atom. The summed E-state index contributed by atoms with van der Waals surface area (Å²) in [7, 11) is 1.51. The maximum Gasteiger partial charge on any atom is 0.266 e. The van der Waals surface area contributed by atoms with E-state index in [0.29, 0.717) is 37.3 Å². The van der Waals surface area contributed by atoms with Gasteiger partial charge in [-0.15, -0.1) is 0 Å². The highest BCUT2D eigenvalue weighted by molar-refractivity contribution is 9.10. The van der Waals surface area contributed by atoms with Crippen LogP contribution in [0.15, 0.2) is 64.6 Å². The van der Waals surface area contributed by atoms with E-state index in [0.717, 1.165) is 17.5 Å². The molecule has 34 heavy (non-hydrogen) atoms. The van der Waals surface area contributed by atoms with Crippen molar-refractivity contribution in [3.63, 3.8) is 0 Å². The van der Waals surface area contributed by atoms with E-state index in [1.807, 2.05) is 30.3 Å². The first-order chi connectivity index (χ1) is 16.3. The number of nitrogens with one attached hydrogen (secondary N) is 1. The fourth-order valence-electron chi connectivity index (χ4n) is 3.05. The summed E-state index contributed by atoms with van der Waals surface area (Å²) in [6.45, 7) is 2.26. The molecule has 1 N–H and O–H groups in total. The molecule has 0 saturated carbocycles. The fourth-order valence-corrected chi connectivity index (χ4v) is 3.95. The van der Waals surface area contributed by atoms with E-state index in [9.17, 15) is 10.1 Å². The van der Waals surface area contributed by atoms with Crippen molar-refractivity contribution >= 4 is 56.8 Å². The second-order valence-electron chi connectivity index (χ2n) is 7.22. The number of rotatable bonds is 8. The van der Waals surface area contributed by atoms with Crippen molar-refractivity contribution in [1.82, 2.24) is 0 Å². The zero-order valence-electron chi connectivity index (χ0n) is 18.5. The second-order valence-corrected chi connectivity index (χ2v) is 8.92. The van der Waals surface area contributed by atoms with Crippen LogP contribution in [0.3, 0.4) is 0 Å². The summed E-state index contributed by atoms with van der Waals surface area (Å²) < 4.78 is 12.0. The summed E-state index contributed by atoms with van der Waals surface area (Å²) in [5.74, 6) is 0.402. The Hall–Kier alpha value is -2.98. The van der Waals surface area contributed by atoms with E-state index < -0.39 is 5.91 Å². The molecule has 0 radical (unpaired) electrons. The highest BCUT2D eigenvalue weighted by Gasteiger charge is 2.14. The van der Waals surface area contributed by atoms with Gasteiger partial charge >= 0.3 is 0 Å². The van der Waals surface area contributed by atoms with Gasteiger partial charge < -0.3 is 14.8 Å². The van der Waals surface area contributed by atoms with Crippen molar-refractivity contribution in [2.75, 3.05) is 12.4 Å². The first kappa shape index (κ1) is 25.6. The fraction of sp³-hybridized carbons (Fsp3) is 0.154. The summed E-state index contributed by atoms with van der Waals surface area (Å²) >= 11 is 15.7. The molecule has 0 aliphatic heterocycles. The number of hydrogen-bond donors (Lipinski definition) is 1. The van der Waals surface area contributed by atoms with Crippen LogP contribution in [0.2, 0.25) is 10.0 Å². The number of methoxy groups -OCH3 is 1. The van der Waals surface area contributed by atoms with Gasteiger partial charge in [-0.1, -0.05) is 64.3 Å². The highest BCUT2D eigenvalue weighted by atomic mass is 79.9. The quantitative estimate of drug-likeness (QED) is 0.230. The zero-order chi connectivity index (χ0) is 24.7. The number of hydrogen-bond acceptors (Lipinski definition) is 4. The summed E-state index contributed by atoms with van der Waals surface area (Å²) in [5.41, 5.74) is 3.07. The molecule has 3 aromatic carbocycles. The van der Waals surface area contributed by atoms with Crippen molar-refractivity contribution in [3.05, 3.63) is 91.4 Å². The standard InChI is InChI=1S/C26H21BrCl2N2O3/c1-3-16-4-8-21(9-5-16)31-26(32)19(14-30)10-18-11-24(33-2)25(13-22(18)27)34-15-17-6-7-20(28)12-23(17)29/h4-13H,3,15H2,1-2H3,(H,31,32)/b19-10+. The van der Waals surface area contributed by atoms with Gasteiger partial charge in [0.05, 0.1) is 7.11 Å². The maximum absolute atomic E-state index is 12.7. The maximum atomic E-state index is 12.7. The van der Waals surface area contributed by atoms with Crippen LogP contribution < -0.4 is 14.8 Å². The number of aryl methyl sites for hydroxylation is 1. The van der Waals surface area contributed by atoms with Crippen LogP contribution in [0.25, 0.3) is 6.08 Å². The Balaban J connectivity index is 1.80. The minimum absolute atomic E-state index is 0.0519. The third-order valence-electron chi connectivity index (χ3n) is 4.97. The average Bonchev–Trinajstić information content (AvgIpc) is 2.83. The number of halogens is 3. The van der Waals surface area contributed by atoms with E-state index in [-0.39, 0.29) is 12.2 Å². The van der Waals surface area contributed by atoms with Crippen LogP contribution in [-0.4, -0.2) is 13.0 Å². The third-order valence-corrected chi connectivity index (χ3v) is 6.24. The van der Waals surface area contributed by atoms with Gasteiger partial charge in [0, 0.05) is 25.8 Å². The summed E-state index contributed by atoms with van der Waals surface area (Å²) in [6, 6.07) is 18.0. The lowest BCUT2D eigenvalue weighted by Gasteiger charge is -2.14. The van der Waals surface area contributed by atoms with Gasteiger partial charge in [-0.05, 0) is 60.0 Å². The van der Waals surface area contributed by atoms with Crippen molar-refractivity contribution in [2.24, 2.45) is 0 Å². The van der Waals surface area contributed by atoms with E-state index in [1.54, 1.807) is 30.3 Å². The Morgan fingerprint density at radius 3 is 2.47 bits per heavy atom. The number of nitriles is 1. The Labute approximate surface area is 217 Å². The predicted molar refractivity (Wildman–Crippen MR) is 140 cm³/mol. The van der Waals surface area contributed by atoms with Crippen molar-refractivity contribution < 1.29 is 14.3 Å². The number of anilines is 1. The lowest BCUT2D eigenvalue weighted by molar-refractivity contribution is -0.112. The van der Waals surface area contributed by atoms with Crippen LogP contribution in [0.1, 0.15) is 23.6 Å². The van der Waals surface area contributed by atoms with Gasteiger partial charge in [0.25, 0.3) is 5.91 Å². The van der Waals surface area contributed by atoms with Crippen molar-refractivity contribution in [2.45, 2.75) is 20.0 Å². The molecule has 0 aliphatic rings. The van der Waals surface area contributed by atoms with E-state index in [1.165, 1.54) is 13.2 Å². The van der Waals surface area contributed by atoms with Crippen LogP contribution >= 0.6 is 39.1 Å². The molecule has 5 nitrogen and oxygen atoms in total. The molecule has 0 aliphatic carbocycles. The molecule has 0 spiro atoms. The van der Waals surface area contributed by atoms with Gasteiger partial charge in [0.2, 0.25) is 0 Å². The lowest BCUT2D eigenvalue weighted by atomic mass is 10.1. The van der Waals surface area contributed by atoms with Crippen LogP contribution in [0.4, 0.5) is 5.69 Å². The molecular weight excluding hydrogens is 539 g/mol. The molecule has 0 bridgehead atoms. The third kappa shape index (κ3) is 6.54. The number of carbonyl (C=O) groups is 1. The van der Waals surface area contributed by atoms with Crippen molar-refractivity contribution in [1.29, 1.82) is 5.26 Å². The molecule has 3 rings (SSSR count). The molecule has 0 saturated heterocycles. The van der Waals surface area contributed by atoms with E-state index in [2.05, 4.69) is 28.2 Å². The normalized spacial score (nSPS) is 11.0. The molecule has 0 atom stereocenters. The van der Waals surface area contributed by atoms with Crippen molar-refractivity contribution in [3.8, 4) is 17.6 Å². The topological polar surface area (TPSA) is 71.4 Å². The second kappa shape index (κ2) is 11.9. The smallest absolute Gasteiger partial charge is 0.266 e. The number of carbonyl (C=O) groups excluding carboxylic acids is 1. The van der Waals surface area contributed by atoms with Gasteiger partial charge in [-0.2, -0.15) is 5.26 Å².